The molecule has 160 valence electrons. The molecule has 1 aliphatic heterocycles. The van der Waals surface area contributed by atoms with Gasteiger partial charge in [-0.3, -0.25) is 9.59 Å². The average molecular weight is 454 g/mol. The molecule has 2 N–H and O–H groups in total. The molecule has 0 fully saturated rings. The van der Waals surface area contributed by atoms with E-state index in [0.717, 1.165) is 18.5 Å². The van der Waals surface area contributed by atoms with Crippen molar-refractivity contribution in [2.75, 3.05) is 24.5 Å². The lowest BCUT2D eigenvalue weighted by Gasteiger charge is -2.30. The number of benzene rings is 2. The fourth-order valence-corrected chi connectivity index (χ4v) is 4.82. The minimum atomic E-state index is -0.610. The molecule has 0 unspecified atom stereocenters. The van der Waals surface area contributed by atoms with E-state index >= 15 is 0 Å². The first-order valence-electron chi connectivity index (χ1n) is 10.3. The Hall–Kier alpha value is -2.83. The molecule has 1 atom stereocenters. The molecule has 2 heterocycles. The molecule has 1 aromatic heterocycles. The summed E-state index contributed by atoms with van der Waals surface area (Å²) in [5.41, 5.74) is 3.56. The smallest absolute Gasteiger partial charge is 0.309 e. The van der Waals surface area contributed by atoms with Crippen LogP contribution in [0.4, 0.5) is 5.69 Å². The van der Waals surface area contributed by atoms with Gasteiger partial charge in [0.25, 0.3) is 0 Å². The van der Waals surface area contributed by atoms with Crippen LogP contribution in [0.1, 0.15) is 22.0 Å². The van der Waals surface area contributed by atoms with E-state index in [4.69, 9.17) is 11.6 Å². The molecule has 0 spiro atoms. The fraction of sp³-hybridized carbons (Fsp3) is 0.250. The van der Waals surface area contributed by atoms with Crippen LogP contribution in [0.25, 0.3) is 0 Å². The van der Waals surface area contributed by atoms with Crippen LogP contribution in [-0.4, -0.2) is 31.4 Å². The van der Waals surface area contributed by atoms with Crippen LogP contribution in [0.2, 0.25) is 5.02 Å². The summed E-state index contributed by atoms with van der Waals surface area (Å²) < 4.78 is 0. The Morgan fingerprint density at radius 3 is 2.55 bits per heavy atom. The molecule has 0 bridgehead atoms. The molecule has 1 aliphatic rings. The maximum Gasteiger partial charge on any atom is 0.309 e. The van der Waals surface area contributed by atoms with Gasteiger partial charge in [0.05, 0.1) is 6.04 Å². The predicted molar refractivity (Wildman–Crippen MR) is 126 cm³/mol. The van der Waals surface area contributed by atoms with Gasteiger partial charge in [-0.15, -0.1) is 11.3 Å². The first kappa shape index (κ1) is 21.4. The van der Waals surface area contributed by atoms with Crippen LogP contribution in [0.15, 0.2) is 66.0 Å². The Labute approximate surface area is 191 Å². The number of carbonyl (C=O) groups is 2. The van der Waals surface area contributed by atoms with Gasteiger partial charge in [0.15, 0.2) is 0 Å². The van der Waals surface area contributed by atoms with Crippen molar-refractivity contribution in [3.63, 3.8) is 0 Å². The van der Waals surface area contributed by atoms with Crippen LogP contribution < -0.4 is 15.5 Å². The number of fused-ring (bicyclic) bond motifs is 1. The minimum absolute atomic E-state index is 0.00512. The normalized spacial score (nSPS) is 13.5. The number of anilines is 1. The third-order valence-electron chi connectivity index (χ3n) is 5.45. The molecule has 0 aliphatic carbocycles. The second-order valence-corrected chi connectivity index (χ2v) is 8.86. The summed E-state index contributed by atoms with van der Waals surface area (Å²) in [6, 6.07) is 19.9. The Morgan fingerprint density at radius 2 is 1.77 bits per heavy atom. The predicted octanol–water partition coefficient (Wildman–Crippen LogP) is 3.98. The summed E-state index contributed by atoms with van der Waals surface area (Å²) in [5, 5.41) is 8.24. The van der Waals surface area contributed by atoms with Crippen LogP contribution >= 0.6 is 22.9 Å². The Bertz CT molecular complexity index is 1040. The van der Waals surface area contributed by atoms with Crippen molar-refractivity contribution in [2.24, 2.45) is 0 Å². The number of thiophene rings is 1. The van der Waals surface area contributed by atoms with Crippen LogP contribution in [-0.2, 0) is 22.4 Å². The molecule has 7 heteroatoms. The third-order valence-corrected chi connectivity index (χ3v) is 6.67. The highest BCUT2D eigenvalue weighted by molar-refractivity contribution is 7.10. The average Bonchev–Trinajstić information content (AvgIpc) is 3.46. The number of nitrogens with one attached hydrogen (secondary N) is 2. The third kappa shape index (κ3) is 5.27. The number of nitrogens with zero attached hydrogens (tertiary/aromatic N) is 1. The topological polar surface area (TPSA) is 61.4 Å². The molecule has 2 aromatic carbocycles. The van der Waals surface area contributed by atoms with E-state index in [1.165, 1.54) is 16.1 Å². The maximum absolute atomic E-state index is 12.4. The van der Waals surface area contributed by atoms with E-state index in [1.54, 1.807) is 11.3 Å². The van der Waals surface area contributed by atoms with Crippen molar-refractivity contribution < 1.29 is 9.59 Å². The molecule has 2 amide bonds. The van der Waals surface area contributed by atoms with Crippen molar-refractivity contribution >= 4 is 40.4 Å². The molecule has 31 heavy (non-hydrogen) atoms. The molecule has 4 rings (SSSR count). The van der Waals surface area contributed by atoms with Crippen LogP contribution in [0, 0.1) is 0 Å². The van der Waals surface area contributed by atoms with E-state index in [2.05, 4.69) is 39.8 Å². The first-order valence-corrected chi connectivity index (χ1v) is 11.6. The minimum Gasteiger partial charge on any atom is -0.361 e. The summed E-state index contributed by atoms with van der Waals surface area (Å²) in [7, 11) is 0. The van der Waals surface area contributed by atoms with Gasteiger partial charge in [0.2, 0.25) is 0 Å². The zero-order chi connectivity index (χ0) is 21.6. The van der Waals surface area contributed by atoms with Gasteiger partial charge < -0.3 is 15.5 Å². The van der Waals surface area contributed by atoms with Crippen molar-refractivity contribution in [3.05, 3.63) is 87.1 Å². The van der Waals surface area contributed by atoms with E-state index < -0.39 is 11.8 Å². The van der Waals surface area contributed by atoms with Crippen LogP contribution in [0.3, 0.4) is 0 Å². The molecular formula is C24H24ClN3O2S. The fourth-order valence-electron chi connectivity index (χ4n) is 3.85. The highest BCUT2D eigenvalue weighted by atomic mass is 35.5. The number of para-hydroxylation sites is 1. The largest absolute Gasteiger partial charge is 0.361 e. The maximum atomic E-state index is 12.4. The molecule has 5 nitrogen and oxygen atoms in total. The van der Waals surface area contributed by atoms with E-state index in [-0.39, 0.29) is 6.04 Å². The molecule has 0 radical (unpaired) electrons. The van der Waals surface area contributed by atoms with Gasteiger partial charge in [-0.05, 0) is 53.6 Å². The van der Waals surface area contributed by atoms with Gasteiger partial charge in [-0.25, -0.2) is 0 Å². The zero-order valence-corrected chi connectivity index (χ0v) is 18.6. The van der Waals surface area contributed by atoms with Crippen molar-refractivity contribution in [1.29, 1.82) is 0 Å². The lowest BCUT2D eigenvalue weighted by molar-refractivity contribution is -0.139. The van der Waals surface area contributed by atoms with E-state index in [9.17, 15) is 9.59 Å². The molecule has 3 aromatic rings. The monoisotopic (exact) mass is 453 g/mol. The SMILES string of the molecule is O=C(NCCc1ccc(Cl)cc1)C(=O)NC[C@H](c1cccs1)N1CCc2ccccc21. The summed E-state index contributed by atoms with van der Waals surface area (Å²) >= 11 is 7.55. The van der Waals surface area contributed by atoms with Crippen molar-refractivity contribution in [3.8, 4) is 0 Å². The molecular weight excluding hydrogens is 430 g/mol. The van der Waals surface area contributed by atoms with Gasteiger partial charge in [0, 0.05) is 35.2 Å². The first-order chi connectivity index (χ1) is 15.1. The lowest BCUT2D eigenvalue weighted by Crippen LogP contribution is -2.44. The number of halogens is 1. The lowest BCUT2D eigenvalue weighted by atomic mass is 10.1. The summed E-state index contributed by atoms with van der Waals surface area (Å²) in [5.74, 6) is -1.22. The second kappa shape index (κ2) is 9.98. The number of carbonyl (C=O) groups excluding carboxylic acids is 2. The number of amides is 2. The van der Waals surface area contributed by atoms with Crippen molar-refractivity contribution in [1.82, 2.24) is 10.6 Å². The zero-order valence-electron chi connectivity index (χ0n) is 17.0. The summed E-state index contributed by atoms with van der Waals surface area (Å²) in [4.78, 5) is 28.1. The summed E-state index contributed by atoms with van der Waals surface area (Å²) in [6.07, 6.45) is 1.62. The number of rotatable bonds is 7. The Morgan fingerprint density at radius 1 is 1.00 bits per heavy atom. The summed E-state index contributed by atoms with van der Waals surface area (Å²) in [6.45, 7) is 1.66. The Balaban J connectivity index is 1.33. The quantitative estimate of drug-likeness (QED) is 0.532. The van der Waals surface area contributed by atoms with E-state index in [0.29, 0.717) is 24.5 Å². The van der Waals surface area contributed by atoms with Gasteiger partial charge in [-0.1, -0.05) is 48.0 Å². The standard InChI is InChI=1S/C24H24ClN3O2S/c25-19-9-7-17(8-10-19)11-13-26-23(29)24(30)27-16-21(22-6-3-15-31-22)28-14-12-18-4-1-2-5-20(18)28/h1-10,15,21H,11-14,16H2,(H,26,29)(H,27,30)/t21-/m1/s1. The van der Waals surface area contributed by atoms with E-state index in [1.807, 2.05) is 41.8 Å². The van der Waals surface area contributed by atoms with Gasteiger partial charge in [0.1, 0.15) is 0 Å². The highest BCUT2D eigenvalue weighted by Crippen LogP contribution is 2.36. The van der Waals surface area contributed by atoms with Gasteiger partial charge in [-0.2, -0.15) is 0 Å². The Kier molecular flexibility index (Phi) is 6.89. The van der Waals surface area contributed by atoms with Crippen molar-refractivity contribution in [2.45, 2.75) is 18.9 Å². The van der Waals surface area contributed by atoms with Crippen LogP contribution in [0.5, 0.6) is 0 Å². The highest BCUT2D eigenvalue weighted by Gasteiger charge is 2.28. The van der Waals surface area contributed by atoms with Gasteiger partial charge >= 0.3 is 11.8 Å². The number of hydrogen-bond acceptors (Lipinski definition) is 4. The second-order valence-electron chi connectivity index (χ2n) is 7.45. The molecule has 0 saturated heterocycles. The number of hydrogen-bond donors (Lipinski definition) is 2. The molecule has 0 saturated carbocycles.